The second kappa shape index (κ2) is 6.26. The Bertz CT molecular complexity index is 595. The minimum Gasteiger partial charge on any atom is -0.369 e. The van der Waals surface area contributed by atoms with Gasteiger partial charge >= 0.3 is 0 Å². The predicted octanol–water partition coefficient (Wildman–Crippen LogP) is 2.57. The van der Waals surface area contributed by atoms with Crippen LogP contribution in [0.3, 0.4) is 0 Å². The van der Waals surface area contributed by atoms with E-state index in [0.29, 0.717) is 13.1 Å². The number of sulfone groups is 1. The van der Waals surface area contributed by atoms with Gasteiger partial charge in [-0.05, 0) is 38.5 Å². The fraction of sp³-hybridized carbons (Fsp3) is 0.600. The molecule has 0 saturated carbocycles. The topological polar surface area (TPSA) is 49.4 Å². The molecule has 0 unspecified atom stereocenters. The Morgan fingerprint density at radius 2 is 1.86 bits per heavy atom. The van der Waals surface area contributed by atoms with Crippen LogP contribution in [0.2, 0.25) is 0 Å². The van der Waals surface area contributed by atoms with E-state index in [4.69, 9.17) is 0 Å². The molecule has 21 heavy (non-hydrogen) atoms. The Kier molecular flexibility index (Phi) is 5.00. The maximum atomic E-state index is 11.5. The summed E-state index contributed by atoms with van der Waals surface area (Å²) in [4.78, 5) is 2.13. The largest absolute Gasteiger partial charge is 0.369 e. The molecule has 1 heterocycles. The van der Waals surface area contributed by atoms with E-state index in [1.54, 1.807) is 0 Å². The predicted molar refractivity (Wildman–Crippen MR) is 91.6 cm³/mol. The average Bonchev–Trinajstić information content (AvgIpc) is 2.36. The molecular weight excluding hydrogens is 352 g/mol. The third kappa shape index (κ3) is 4.97. The molecular formula is C15H23BrN2O2S. The monoisotopic (exact) mass is 374 g/mol. The molecule has 0 atom stereocenters. The number of nitrogens with one attached hydrogen (secondary N) is 1. The lowest BCUT2D eigenvalue weighted by molar-refractivity contribution is 0.424. The highest BCUT2D eigenvalue weighted by atomic mass is 79.9. The van der Waals surface area contributed by atoms with Crippen molar-refractivity contribution in [1.29, 1.82) is 0 Å². The number of halogens is 1. The van der Waals surface area contributed by atoms with Crippen LogP contribution in [0, 0.1) is 0 Å². The third-order valence-electron chi connectivity index (χ3n) is 3.56. The molecule has 0 spiro atoms. The zero-order valence-electron chi connectivity index (χ0n) is 12.8. The van der Waals surface area contributed by atoms with Gasteiger partial charge in [-0.3, -0.25) is 0 Å². The molecule has 4 nitrogen and oxygen atoms in total. The fourth-order valence-corrected chi connectivity index (χ4v) is 3.92. The molecule has 1 fully saturated rings. The van der Waals surface area contributed by atoms with Crippen molar-refractivity contribution in [2.45, 2.75) is 32.9 Å². The van der Waals surface area contributed by atoms with E-state index < -0.39 is 9.84 Å². The van der Waals surface area contributed by atoms with Gasteiger partial charge in [-0.1, -0.05) is 22.0 Å². The lowest BCUT2D eigenvalue weighted by atomic mass is 10.1. The molecule has 2 rings (SSSR count). The van der Waals surface area contributed by atoms with Crippen molar-refractivity contribution < 1.29 is 8.42 Å². The molecule has 118 valence electrons. The smallest absolute Gasteiger partial charge is 0.153 e. The molecule has 0 amide bonds. The van der Waals surface area contributed by atoms with Gasteiger partial charge in [0.1, 0.15) is 0 Å². The van der Waals surface area contributed by atoms with Gasteiger partial charge in [0.05, 0.1) is 11.5 Å². The molecule has 1 aliphatic heterocycles. The van der Waals surface area contributed by atoms with Crippen LogP contribution < -0.4 is 10.2 Å². The summed E-state index contributed by atoms with van der Waals surface area (Å²) in [6.45, 7) is 8.39. The molecule has 1 aromatic rings. The van der Waals surface area contributed by atoms with Crippen molar-refractivity contribution >= 4 is 31.5 Å². The number of hydrogen-bond donors (Lipinski definition) is 1. The minimum atomic E-state index is -2.83. The molecule has 6 heteroatoms. The first kappa shape index (κ1) is 16.8. The van der Waals surface area contributed by atoms with Gasteiger partial charge in [0.25, 0.3) is 0 Å². The van der Waals surface area contributed by atoms with Gasteiger partial charge in [0.2, 0.25) is 0 Å². The number of benzene rings is 1. The van der Waals surface area contributed by atoms with Crippen molar-refractivity contribution in [3.8, 4) is 0 Å². The maximum Gasteiger partial charge on any atom is 0.153 e. The van der Waals surface area contributed by atoms with E-state index in [-0.39, 0.29) is 17.0 Å². The molecule has 1 N–H and O–H groups in total. The first-order chi connectivity index (χ1) is 9.66. The molecule has 0 aromatic heterocycles. The first-order valence-electron chi connectivity index (χ1n) is 7.15. The second-order valence-corrected chi connectivity index (χ2v) is 9.68. The Hall–Kier alpha value is -0.590. The average molecular weight is 375 g/mol. The number of anilines is 1. The summed E-state index contributed by atoms with van der Waals surface area (Å²) < 4.78 is 24.0. The Morgan fingerprint density at radius 3 is 2.38 bits per heavy atom. The zero-order chi connectivity index (χ0) is 15.7. The highest BCUT2D eigenvalue weighted by molar-refractivity contribution is 9.10. The van der Waals surface area contributed by atoms with Gasteiger partial charge in [0, 0.05) is 35.3 Å². The van der Waals surface area contributed by atoms with Crippen LogP contribution >= 0.6 is 15.9 Å². The van der Waals surface area contributed by atoms with Crippen molar-refractivity contribution in [3.05, 3.63) is 28.2 Å². The zero-order valence-corrected chi connectivity index (χ0v) is 15.2. The van der Waals surface area contributed by atoms with Gasteiger partial charge in [-0.2, -0.15) is 0 Å². The summed E-state index contributed by atoms with van der Waals surface area (Å²) in [6, 6.07) is 6.25. The fourth-order valence-electron chi connectivity index (χ4n) is 2.21. The van der Waals surface area contributed by atoms with Crippen molar-refractivity contribution in [2.75, 3.05) is 29.5 Å². The third-order valence-corrected chi connectivity index (χ3v) is 5.90. The Morgan fingerprint density at radius 1 is 1.24 bits per heavy atom. The number of nitrogens with zero attached hydrogens (tertiary/aromatic N) is 1. The van der Waals surface area contributed by atoms with Crippen LogP contribution in [0.1, 0.15) is 26.3 Å². The standard InChI is InChI=1S/C15H23BrN2O2S/c1-15(2,3)17-11-12-4-5-13(10-14(12)16)18-6-8-21(19,20)9-7-18/h4-5,10,17H,6-9,11H2,1-3H3. The first-order valence-corrected chi connectivity index (χ1v) is 9.77. The molecule has 0 radical (unpaired) electrons. The lowest BCUT2D eigenvalue weighted by Crippen LogP contribution is -2.40. The summed E-state index contributed by atoms with van der Waals surface area (Å²) in [6.07, 6.45) is 0. The van der Waals surface area contributed by atoms with Crippen molar-refractivity contribution in [3.63, 3.8) is 0 Å². The van der Waals surface area contributed by atoms with Gasteiger partial charge in [0.15, 0.2) is 9.84 Å². The SMILES string of the molecule is CC(C)(C)NCc1ccc(N2CCS(=O)(=O)CC2)cc1Br. The quantitative estimate of drug-likeness (QED) is 0.882. The second-order valence-electron chi connectivity index (χ2n) is 6.52. The molecule has 0 bridgehead atoms. The van der Waals surface area contributed by atoms with Gasteiger partial charge in [-0.15, -0.1) is 0 Å². The Labute approximate surface area is 136 Å². The summed E-state index contributed by atoms with van der Waals surface area (Å²) >= 11 is 3.62. The van der Waals surface area contributed by atoms with E-state index in [1.165, 1.54) is 5.56 Å². The van der Waals surface area contributed by atoms with Crippen molar-refractivity contribution in [2.24, 2.45) is 0 Å². The van der Waals surface area contributed by atoms with Gasteiger partial charge in [-0.25, -0.2) is 8.42 Å². The van der Waals surface area contributed by atoms with Crippen LogP contribution in [-0.4, -0.2) is 38.6 Å². The van der Waals surface area contributed by atoms with Crippen LogP contribution in [0.15, 0.2) is 22.7 Å². The molecule has 1 aliphatic rings. The summed E-state index contributed by atoms with van der Waals surface area (Å²) in [7, 11) is -2.83. The van der Waals surface area contributed by atoms with Crippen molar-refractivity contribution in [1.82, 2.24) is 5.32 Å². The lowest BCUT2D eigenvalue weighted by Gasteiger charge is -2.29. The summed E-state index contributed by atoms with van der Waals surface area (Å²) in [5.74, 6) is 0.496. The highest BCUT2D eigenvalue weighted by Crippen LogP contribution is 2.25. The molecule has 0 aliphatic carbocycles. The minimum absolute atomic E-state index is 0.0827. The van der Waals surface area contributed by atoms with E-state index in [1.807, 2.05) is 0 Å². The van der Waals surface area contributed by atoms with Gasteiger partial charge < -0.3 is 10.2 Å². The highest BCUT2D eigenvalue weighted by Gasteiger charge is 2.22. The van der Waals surface area contributed by atoms with Crippen LogP contribution in [0.5, 0.6) is 0 Å². The molecule has 1 aromatic carbocycles. The summed E-state index contributed by atoms with van der Waals surface area (Å²) in [5, 5.41) is 3.47. The van der Waals surface area contributed by atoms with E-state index >= 15 is 0 Å². The number of hydrogen-bond acceptors (Lipinski definition) is 4. The van der Waals surface area contributed by atoms with E-state index in [9.17, 15) is 8.42 Å². The van der Waals surface area contributed by atoms with Crippen LogP contribution in [0.25, 0.3) is 0 Å². The summed E-state index contributed by atoms with van der Waals surface area (Å²) in [5.41, 5.74) is 2.37. The van der Waals surface area contributed by atoms with E-state index in [0.717, 1.165) is 16.7 Å². The van der Waals surface area contributed by atoms with E-state index in [2.05, 4.69) is 65.1 Å². The van der Waals surface area contributed by atoms with Crippen LogP contribution in [0.4, 0.5) is 5.69 Å². The Balaban J connectivity index is 2.05. The normalized spacial score (nSPS) is 18.8. The molecule has 1 saturated heterocycles. The maximum absolute atomic E-state index is 11.5. The number of rotatable bonds is 3. The van der Waals surface area contributed by atoms with Crippen LogP contribution in [-0.2, 0) is 16.4 Å².